The van der Waals surface area contributed by atoms with E-state index in [1.165, 1.54) is 12.1 Å². The molecule has 1 aromatic rings. The monoisotopic (exact) mass is 241 g/mol. The molecule has 0 aromatic heterocycles. The van der Waals surface area contributed by atoms with Gasteiger partial charge in [0.05, 0.1) is 6.10 Å². The van der Waals surface area contributed by atoms with Crippen LogP contribution in [0.15, 0.2) is 18.2 Å². The fraction of sp³-hybridized carbons (Fsp3) is 0.538. The Morgan fingerprint density at radius 1 is 1.41 bits per heavy atom. The molecule has 0 spiro atoms. The van der Waals surface area contributed by atoms with E-state index in [4.69, 9.17) is 4.74 Å². The van der Waals surface area contributed by atoms with E-state index in [2.05, 4.69) is 5.32 Å². The minimum Gasteiger partial charge on any atom is -0.491 e. The number of nitrogens with one attached hydrogen (secondary N) is 1. The van der Waals surface area contributed by atoms with Gasteiger partial charge >= 0.3 is 0 Å². The number of ether oxygens (including phenoxy) is 1. The molecule has 1 aromatic carbocycles. The number of aliphatic hydroxyl groups is 1. The third kappa shape index (κ3) is 4.32. The number of halogens is 1. The highest BCUT2D eigenvalue weighted by molar-refractivity contribution is 5.36. The first-order valence-electron chi connectivity index (χ1n) is 5.88. The Hall–Kier alpha value is -1.13. The van der Waals surface area contributed by atoms with Crippen molar-refractivity contribution in [2.24, 2.45) is 0 Å². The molecule has 0 aliphatic carbocycles. The molecule has 0 radical (unpaired) electrons. The second-order valence-electron chi connectivity index (χ2n) is 4.12. The molecule has 0 fully saturated rings. The highest BCUT2D eigenvalue weighted by Crippen LogP contribution is 2.26. The van der Waals surface area contributed by atoms with Gasteiger partial charge in [-0.1, -0.05) is 6.92 Å². The van der Waals surface area contributed by atoms with Gasteiger partial charge in [-0.25, -0.2) is 4.39 Å². The van der Waals surface area contributed by atoms with Crippen molar-refractivity contribution in [1.82, 2.24) is 5.32 Å². The predicted molar refractivity (Wildman–Crippen MR) is 65.7 cm³/mol. The smallest absolute Gasteiger partial charge is 0.124 e. The van der Waals surface area contributed by atoms with Gasteiger partial charge in [0.1, 0.15) is 18.2 Å². The van der Waals surface area contributed by atoms with Crippen LogP contribution in [0.5, 0.6) is 5.75 Å². The zero-order chi connectivity index (χ0) is 12.8. The summed E-state index contributed by atoms with van der Waals surface area (Å²) in [5.74, 6) is 0.329. The number of hydrogen-bond donors (Lipinski definition) is 2. The maximum atomic E-state index is 13.2. The molecular weight excluding hydrogens is 221 g/mol. The molecule has 0 saturated carbocycles. The molecule has 17 heavy (non-hydrogen) atoms. The van der Waals surface area contributed by atoms with Crippen LogP contribution in [0.2, 0.25) is 0 Å². The van der Waals surface area contributed by atoms with E-state index < -0.39 is 6.10 Å². The third-order valence-electron chi connectivity index (χ3n) is 2.43. The molecule has 0 aliphatic heterocycles. The molecule has 2 unspecified atom stereocenters. The fourth-order valence-corrected chi connectivity index (χ4v) is 1.62. The van der Waals surface area contributed by atoms with Crippen LogP contribution in [0.4, 0.5) is 4.39 Å². The van der Waals surface area contributed by atoms with Crippen LogP contribution in [-0.4, -0.2) is 24.4 Å². The molecule has 4 heteroatoms. The Morgan fingerprint density at radius 3 is 2.71 bits per heavy atom. The van der Waals surface area contributed by atoms with Crippen LogP contribution in [-0.2, 0) is 0 Å². The number of rotatable bonds is 6. The van der Waals surface area contributed by atoms with Gasteiger partial charge in [0.2, 0.25) is 0 Å². The van der Waals surface area contributed by atoms with Crippen LogP contribution in [0.3, 0.4) is 0 Å². The lowest BCUT2D eigenvalue weighted by Gasteiger charge is -2.18. The van der Waals surface area contributed by atoms with Gasteiger partial charge < -0.3 is 15.2 Å². The third-order valence-corrected chi connectivity index (χ3v) is 2.43. The van der Waals surface area contributed by atoms with E-state index in [1.807, 2.05) is 13.8 Å². The summed E-state index contributed by atoms with van der Waals surface area (Å²) in [4.78, 5) is 0. The minimum absolute atomic E-state index is 0.0136. The number of aliphatic hydroxyl groups excluding tert-OH is 1. The molecule has 0 heterocycles. The van der Waals surface area contributed by atoms with Gasteiger partial charge in [-0.15, -0.1) is 0 Å². The van der Waals surface area contributed by atoms with Crippen LogP contribution >= 0.6 is 0 Å². The Balaban J connectivity index is 2.87. The molecule has 2 atom stereocenters. The highest BCUT2D eigenvalue weighted by Gasteiger charge is 2.12. The van der Waals surface area contributed by atoms with Gasteiger partial charge in [-0.2, -0.15) is 0 Å². The lowest BCUT2D eigenvalue weighted by molar-refractivity contribution is 0.121. The largest absolute Gasteiger partial charge is 0.491 e. The summed E-state index contributed by atoms with van der Waals surface area (Å²) in [7, 11) is 0. The van der Waals surface area contributed by atoms with Crippen molar-refractivity contribution in [1.29, 1.82) is 0 Å². The molecule has 0 aliphatic rings. The van der Waals surface area contributed by atoms with Crippen molar-refractivity contribution >= 4 is 0 Å². The summed E-state index contributed by atoms with van der Waals surface area (Å²) in [5.41, 5.74) is 0.771. The lowest BCUT2D eigenvalue weighted by Crippen LogP contribution is -2.20. The second kappa shape index (κ2) is 6.57. The summed E-state index contributed by atoms with van der Waals surface area (Å²) < 4.78 is 18.7. The molecule has 0 saturated heterocycles. The topological polar surface area (TPSA) is 41.5 Å². The summed E-state index contributed by atoms with van der Waals surface area (Å²) in [6, 6.07) is 4.44. The van der Waals surface area contributed by atoms with Gasteiger partial charge in [-0.05, 0) is 38.6 Å². The van der Waals surface area contributed by atoms with Gasteiger partial charge in [0.25, 0.3) is 0 Å². The quantitative estimate of drug-likeness (QED) is 0.802. The van der Waals surface area contributed by atoms with E-state index in [9.17, 15) is 9.50 Å². The fourth-order valence-electron chi connectivity index (χ4n) is 1.62. The van der Waals surface area contributed by atoms with Crippen molar-refractivity contribution in [3.8, 4) is 5.75 Å². The average Bonchev–Trinajstić information content (AvgIpc) is 2.27. The Kier molecular flexibility index (Phi) is 5.38. The standard InChI is InChI=1S/C13H20FNO2/c1-4-15-10(3)12-7-11(14)5-6-13(12)17-8-9(2)16/h5-7,9-10,15-16H,4,8H2,1-3H3. The Morgan fingerprint density at radius 2 is 2.12 bits per heavy atom. The molecule has 2 N–H and O–H groups in total. The lowest BCUT2D eigenvalue weighted by atomic mass is 10.1. The first kappa shape index (κ1) is 13.9. The minimum atomic E-state index is -0.539. The molecule has 1 rings (SSSR count). The van der Waals surface area contributed by atoms with Crippen molar-refractivity contribution in [2.45, 2.75) is 32.9 Å². The zero-order valence-electron chi connectivity index (χ0n) is 10.5. The average molecular weight is 241 g/mol. The molecular formula is C13H20FNO2. The SMILES string of the molecule is CCNC(C)c1cc(F)ccc1OCC(C)O. The summed E-state index contributed by atoms with van der Waals surface area (Å²) in [6.45, 7) is 6.60. The maximum Gasteiger partial charge on any atom is 0.124 e. The van der Waals surface area contributed by atoms with E-state index in [0.717, 1.165) is 12.1 Å². The Labute approximate surface area is 102 Å². The van der Waals surface area contributed by atoms with Crippen LogP contribution in [0, 0.1) is 5.82 Å². The molecule has 96 valence electrons. The molecule has 0 amide bonds. The number of hydrogen-bond acceptors (Lipinski definition) is 3. The van der Waals surface area contributed by atoms with Crippen molar-refractivity contribution in [2.75, 3.05) is 13.2 Å². The van der Waals surface area contributed by atoms with Crippen molar-refractivity contribution in [3.63, 3.8) is 0 Å². The maximum absolute atomic E-state index is 13.2. The summed E-state index contributed by atoms with van der Waals surface area (Å²) in [6.07, 6.45) is -0.539. The van der Waals surface area contributed by atoms with Crippen LogP contribution in [0.1, 0.15) is 32.4 Å². The van der Waals surface area contributed by atoms with E-state index in [0.29, 0.717) is 5.75 Å². The second-order valence-corrected chi connectivity index (χ2v) is 4.12. The first-order chi connectivity index (χ1) is 8.04. The van der Waals surface area contributed by atoms with Gasteiger partial charge in [0.15, 0.2) is 0 Å². The highest BCUT2D eigenvalue weighted by atomic mass is 19.1. The predicted octanol–water partition coefficient (Wildman–Crippen LogP) is 2.26. The summed E-state index contributed by atoms with van der Waals surface area (Å²) >= 11 is 0. The van der Waals surface area contributed by atoms with Gasteiger partial charge in [0, 0.05) is 11.6 Å². The zero-order valence-corrected chi connectivity index (χ0v) is 10.5. The number of benzene rings is 1. The van der Waals surface area contributed by atoms with Gasteiger partial charge in [-0.3, -0.25) is 0 Å². The first-order valence-corrected chi connectivity index (χ1v) is 5.88. The van der Waals surface area contributed by atoms with Crippen LogP contribution < -0.4 is 10.1 Å². The van der Waals surface area contributed by atoms with Crippen LogP contribution in [0.25, 0.3) is 0 Å². The summed E-state index contributed by atoms with van der Waals surface area (Å²) in [5, 5.41) is 12.4. The molecule has 0 bridgehead atoms. The normalized spacial score (nSPS) is 14.4. The Bertz CT molecular complexity index is 355. The van der Waals surface area contributed by atoms with Crippen molar-refractivity contribution < 1.29 is 14.2 Å². The molecule has 3 nitrogen and oxygen atoms in total. The van der Waals surface area contributed by atoms with E-state index >= 15 is 0 Å². The van der Waals surface area contributed by atoms with E-state index in [-0.39, 0.29) is 18.5 Å². The van der Waals surface area contributed by atoms with Crippen molar-refractivity contribution in [3.05, 3.63) is 29.6 Å². The van der Waals surface area contributed by atoms with E-state index in [1.54, 1.807) is 13.0 Å².